The number of nitrogens with one attached hydrogen (secondary N) is 1. The zero-order chi connectivity index (χ0) is 20.1. The number of nitrogens with zero attached hydrogens (tertiary/aromatic N) is 1. The highest BCUT2D eigenvalue weighted by Gasteiger charge is 2.38. The highest BCUT2D eigenvalue weighted by Crippen LogP contribution is 2.46. The summed E-state index contributed by atoms with van der Waals surface area (Å²) in [4.78, 5) is 12.8. The fourth-order valence-electron chi connectivity index (χ4n) is 3.79. The quantitative estimate of drug-likeness (QED) is 0.482. The molecule has 0 saturated heterocycles. The lowest BCUT2D eigenvalue weighted by Crippen LogP contribution is -2.31. The summed E-state index contributed by atoms with van der Waals surface area (Å²) in [5.74, 6) is 0.591. The van der Waals surface area contributed by atoms with Crippen LogP contribution < -0.4 is 5.32 Å². The Balaban J connectivity index is 2.00. The standard InChI is InChI=1S/C22H24Cl2N2OS/c1-2-3-4-5-12-28-22-15(13-25)19(14-8-6-9-16(23)21(14)24)20-17(26-22)10-7-11-18(20)27/h6,8-9,19,26H,2-5,7,10-12H2,1H3/t19-/m0/s1. The number of hydrogen-bond donors (Lipinski definition) is 1. The van der Waals surface area contributed by atoms with Crippen molar-refractivity contribution in [2.75, 3.05) is 5.75 Å². The minimum atomic E-state index is -0.446. The van der Waals surface area contributed by atoms with Crippen molar-refractivity contribution < 1.29 is 4.79 Å². The first-order chi connectivity index (χ1) is 13.6. The van der Waals surface area contributed by atoms with E-state index in [1.165, 1.54) is 19.3 Å². The van der Waals surface area contributed by atoms with Crippen LogP contribution in [-0.2, 0) is 4.79 Å². The number of benzene rings is 1. The molecule has 28 heavy (non-hydrogen) atoms. The Labute approximate surface area is 181 Å². The van der Waals surface area contributed by atoms with Crippen molar-refractivity contribution in [2.45, 2.75) is 57.8 Å². The predicted molar refractivity (Wildman–Crippen MR) is 117 cm³/mol. The van der Waals surface area contributed by atoms with E-state index in [2.05, 4.69) is 18.3 Å². The van der Waals surface area contributed by atoms with Gasteiger partial charge in [-0.15, -0.1) is 11.8 Å². The normalized spacial score (nSPS) is 19.4. The third-order valence-electron chi connectivity index (χ3n) is 5.20. The summed E-state index contributed by atoms with van der Waals surface area (Å²) in [5.41, 5.74) is 2.92. The second-order valence-electron chi connectivity index (χ2n) is 7.13. The number of ketones is 1. The molecular formula is C22H24Cl2N2OS. The lowest BCUT2D eigenvalue weighted by atomic mass is 9.77. The van der Waals surface area contributed by atoms with Crippen molar-refractivity contribution in [2.24, 2.45) is 0 Å². The third-order valence-corrected chi connectivity index (χ3v) is 7.14. The van der Waals surface area contributed by atoms with Crippen molar-refractivity contribution in [3.05, 3.63) is 55.7 Å². The van der Waals surface area contributed by atoms with Gasteiger partial charge in [-0.25, -0.2) is 0 Å². The van der Waals surface area contributed by atoms with Crippen molar-refractivity contribution >= 4 is 40.7 Å². The number of nitriles is 1. The molecule has 0 radical (unpaired) electrons. The number of carbonyl (C=O) groups is 1. The van der Waals surface area contributed by atoms with E-state index >= 15 is 0 Å². The Bertz CT molecular complexity index is 870. The number of hydrogen-bond acceptors (Lipinski definition) is 4. The number of dihydropyridines is 1. The topological polar surface area (TPSA) is 52.9 Å². The van der Waals surface area contributed by atoms with Crippen molar-refractivity contribution in [1.29, 1.82) is 5.26 Å². The van der Waals surface area contributed by atoms with E-state index in [0.717, 1.165) is 41.3 Å². The molecule has 1 aromatic carbocycles. The molecule has 0 aromatic heterocycles. The van der Waals surface area contributed by atoms with Crippen molar-refractivity contribution in [1.82, 2.24) is 5.32 Å². The van der Waals surface area contributed by atoms with Crippen LogP contribution in [0.25, 0.3) is 0 Å². The summed E-state index contributed by atoms with van der Waals surface area (Å²) in [6.07, 6.45) is 6.87. The third kappa shape index (κ3) is 4.43. The van der Waals surface area contributed by atoms with Crippen LogP contribution in [0.4, 0.5) is 0 Å². The maximum absolute atomic E-state index is 12.8. The fraction of sp³-hybridized carbons (Fsp3) is 0.455. The van der Waals surface area contributed by atoms with Gasteiger partial charge in [0.25, 0.3) is 0 Å². The second kappa shape index (κ2) is 9.87. The summed E-state index contributed by atoms with van der Waals surface area (Å²) in [6, 6.07) is 7.79. The minimum Gasteiger partial charge on any atom is -0.352 e. The minimum absolute atomic E-state index is 0.0922. The van der Waals surface area contributed by atoms with Gasteiger partial charge in [0.15, 0.2) is 5.78 Å². The molecule has 1 aliphatic heterocycles. The molecule has 1 aromatic rings. The molecule has 1 atom stereocenters. The highest BCUT2D eigenvalue weighted by molar-refractivity contribution is 8.03. The van der Waals surface area contributed by atoms with Crippen molar-refractivity contribution in [3.8, 4) is 6.07 Å². The molecule has 0 saturated carbocycles. The molecule has 1 aliphatic carbocycles. The average molecular weight is 435 g/mol. The second-order valence-corrected chi connectivity index (χ2v) is 9.02. The fourth-order valence-corrected chi connectivity index (χ4v) is 5.28. The number of allylic oxidation sites excluding steroid dienone is 3. The SMILES string of the molecule is CCCCCCSC1=C(C#N)[C@H](c2cccc(Cl)c2Cl)C2=C(CCCC2=O)N1. The number of unbranched alkanes of at least 4 members (excludes halogenated alkanes) is 3. The number of thioether (sulfide) groups is 1. The van der Waals surface area contributed by atoms with E-state index < -0.39 is 5.92 Å². The van der Waals surface area contributed by atoms with Gasteiger partial charge in [-0.05, 0) is 36.6 Å². The Kier molecular flexibility index (Phi) is 7.51. The van der Waals surface area contributed by atoms with Crippen molar-refractivity contribution in [3.63, 3.8) is 0 Å². The first-order valence-electron chi connectivity index (χ1n) is 9.82. The number of carbonyl (C=O) groups excluding carboxylic acids is 1. The van der Waals surface area contributed by atoms with Gasteiger partial charge in [-0.2, -0.15) is 5.26 Å². The molecule has 148 valence electrons. The molecule has 1 N–H and O–H groups in total. The van der Waals surface area contributed by atoms with Crippen LogP contribution in [0.15, 0.2) is 40.1 Å². The van der Waals surface area contributed by atoms with Gasteiger partial charge < -0.3 is 5.32 Å². The average Bonchev–Trinajstić information content (AvgIpc) is 2.69. The van der Waals surface area contributed by atoms with E-state index in [1.807, 2.05) is 12.1 Å². The summed E-state index contributed by atoms with van der Waals surface area (Å²) in [6.45, 7) is 2.19. The molecule has 0 amide bonds. The molecule has 0 bridgehead atoms. The molecular weight excluding hydrogens is 411 g/mol. The van der Waals surface area contributed by atoms with Crippen LogP contribution in [0.5, 0.6) is 0 Å². The van der Waals surface area contributed by atoms with Crippen LogP contribution in [0, 0.1) is 11.3 Å². The number of halogens is 2. The largest absolute Gasteiger partial charge is 0.352 e. The van der Waals surface area contributed by atoms with Gasteiger partial charge in [-0.3, -0.25) is 4.79 Å². The monoisotopic (exact) mass is 434 g/mol. The van der Waals surface area contributed by atoms with Crippen LogP contribution in [0.1, 0.15) is 63.4 Å². The molecule has 1 heterocycles. The predicted octanol–water partition coefficient (Wildman–Crippen LogP) is 6.74. The first kappa shape index (κ1) is 21.3. The summed E-state index contributed by atoms with van der Waals surface area (Å²) >= 11 is 14.4. The molecule has 0 spiro atoms. The molecule has 6 heteroatoms. The summed E-state index contributed by atoms with van der Waals surface area (Å²) in [5, 5.41) is 15.1. The van der Waals surface area contributed by atoms with Gasteiger partial charge in [0.1, 0.15) is 0 Å². The Morgan fingerprint density at radius 2 is 2.07 bits per heavy atom. The maximum Gasteiger partial charge on any atom is 0.161 e. The molecule has 0 unspecified atom stereocenters. The Morgan fingerprint density at radius 1 is 1.25 bits per heavy atom. The van der Waals surface area contributed by atoms with E-state index in [0.29, 0.717) is 27.6 Å². The van der Waals surface area contributed by atoms with Gasteiger partial charge in [0.05, 0.1) is 32.6 Å². The highest BCUT2D eigenvalue weighted by atomic mass is 35.5. The Hall–Kier alpha value is -1.41. The summed E-state index contributed by atoms with van der Waals surface area (Å²) < 4.78 is 0. The lowest BCUT2D eigenvalue weighted by Gasteiger charge is -2.33. The van der Waals surface area contributed by atoms with Crippen LogP contribution in [0.3, 0.4) is 0 Å². The Morgan fingerprint density at radius 3 is 2.82 bits per heavy atom. The number of Topliss-reactive ketones (excluding diaryl/α,β-unsaturated/α-hetero) is 1. The van der Waals surface area contributed by atoms with Gasteiger partial charge in [-0.1, -0.05) is 61.5 Å². The van der Waals surface area contributed by atoms with Gasteiger partial charge in [0, 0.05) is 17.7 Å². The summed E-state index contributed by atoms with van der Waals surface area (Å²) in [7, 11) is 0. The van der Waals surface area contributed by atoms with E-state index in [4.69, 9.17) is 23.2 Å². The van der Waals surface area contributed by atoms with E-state index in [9.17, 15) is 10.1 Å². The lowest BCUT2D eigenvalue weighted by molar-refractivity contribution is -0.116. The molecule has 3 nitrogen and oxygen atoms in total. The van der Waals surface area contributed by atoms with Gasteiger partial charge >= 0.3 is 0 Å². The van der Waals surface area contributed by atoms with Crippen LogP contribution in [0.2, 0.25) is 10.0 Å². The van der Waals surface area contributed by atoms with Gasteiger partial charge in [0.2, 0.25) is 0 Å². The van der Waals surface area contributed by atoms with E-state index in [-0.39, 0.29) is 5.78 Å². The zero-order valence-corrected chi connectivity index (χ0v) is 18.3. The maximum atomic E-state index is 12.8. The molecule has 0 fully saturated rings. The first-order valence-corrected chi connectivity index (χ1v) is 11.6. The zero-order valence-electron chi connectivity index (χ0n) is 16.0. The van der Waals surface area contributed by atoms with Crippen LogP contribution in [-0.4, -0.2) is 11.5 Å². The van der Waals surface area contributed by atoms with Crippen LogP contribution >= 0.6 is 35.0 Å². The smallest absolute Gasteiger partial charge is 0.161 e. The molecule has 2 aliphatic rings. The molecule has 3 rings (SSSR count). The number of rotatable bonds is 7. The van der Waals surface area contributed by atoms with E-state index in [1.54, 1.807) is 17.8 Å².